The van der Waals surface area contributed by atoms with Crippen LogP contribution < -0.4 is 4.74 Å². The summed E-state index contributed by atoms with van der Waals surface area (Å²) < 4.78 is 19.1. The molecule has 0 spiro atoms. The van der Waals surface area contributed by atoms with Gasteiger partial charge < -0.3 is 14.8 Å². The molecule has 0 aliphatic heterocycles. The van der Waals surface area contributed by atoms with Gasteiger partial charge in [-0.2, -0.15) is 0 Å². The highest BCUT2D eigenvalue weighted by Crippen LogP contribution is 2.30. The topological polar surface area (TPSA) is 58.1 Å². The van der Waals surface area contributed by atoms with Crippen molar-refractivity contribution >= 4 is 15.9 Å². The molecule has 2 N–H and O–H groups in total. The van der Waals surface area contributed by atoms with E-state index in [0.717, 1.165) is 5.69 Å². The van der Waals surface area contributed by atoms with E-state index in [1.54, 1.807) is 6.07 Å². The summed E-state index contributed by atoms with van der Waals surface area (Å²) in [7, 11) is 1.52. The Hall–Kier alpha value is -1.40. The normalized spacial score (nSPS) is 10.7. The van der Waals surface area contributed by atoms with E-state index in [1.165, 1.54) is 19.2 Å². The summed E-state index contributed by atoms with van der Waals surface area (Å²) in [6.07, 6.45) is 0.450. The predicted molar refractivity (Wildman–Crippen MR) is 69.0 cm³/mol. The Bertz CT molecular complexity index is 557. The Morgan fingerprint density at radius 2 is 2.28 bits per heavy atom. The Morgan fingerprint density at radius 1 is 1.50 bits per heavy atom. The minimum atomic E-state index is -0.359. The van der Waals surface area contributed by atoms with Crippen molar-refractivity contribution in [2.75, 3.05) is 13.7 Å². The van der Waals surface area contributed by atoms with E-state index in [4.69, 9.17) is 9.84 Å². The molecule has 4 nitrogen and oxygen atoms in total. The number of aliphatic hydroxyl groups is 1. The van der Waals surface area contributed by atoms with Crippen molar-refractivity contribution in [3.63, 3.8) is 0 Å². The van der Waals surface area contributed by atoms with E-state index in [0.29, 0.717) is 28.2 Å². The van der Waals surface area contributed by atoms with E-state index in [-0.39, 0.29) is 12.4 Å². The number of hydrogen-bond acceptors (Lipinski definition) is 3. The number of methoxy groups -OCH3 is 1. The second-order valence-electron chi connectivity index (χ2n) is 3.67. The second kappa shape index (κ2) is 5.49. The highest BCUT2D eigenvalue weighted by Gasteiger charge is 2.13. The molecule has 1 heterocycles. The van der Waals surface area contributed by atoms with Crippen molar-refractivity contribution in [1.82, 2.24) is 9.97 Å². The molecule has 0 aliphatic carbocycles. The van der Waals surface area contributed by atoms with Crippen LogP contribution in [-0.2, 0) is 6.42 Å². The number of rotatable bonds is 4. The number of nitrogens with zero attached hydrogens (tertiary/aromatic N) is 1. The zero-order chi connectivity index (χ0) is 13.1. The van der Waals surface area contributed by atoms with Gasteiger partial charge in [-0.15, -0.1) is 0 Å². The van der Waals surface area contributed by atoms with Gasteiger partial charge in [-0.25, -0.2) is 9.37 Å². The van der Waals surface area contributed by atoms with E-state index in [2.05, 4.69) is 25.9 Å². The average Bonchev–Trinajstić information content (AvgIpc) is 2.71. The summed E-state index contributed by atoms with van der Waals surface area (Å²) >= 11 is 3.29. The largest absolute Gasteiger partial charge is 0.496 e. The summed E-state index contributed by atoms with van der Waals surface area (Å²) in [6, 6.07) is 4.23. The first-order valence-electron chi connectivity index (χ1n) is 5.35. The molecule has 0 fully saturated rings. The zero-order valence-electron chi connectivity index (χ0n) is 9.70. The van der Waals surface area contributed by atoms with Gasteiger partial charge in [-0.3, -0.25) is 0 Å². The number of aromatic amines is 1. The molecule has 0 bridgehead atoms. The second-order valence-corrected chi connectivity index (χ2v) is 4.42. The molecular weight excluding hydrogens is 303 g/mol. The van der Waals surface area contributed by atoms with Crippen LogP contribution in [0.3, 0.4) is 0 Å². The van der Waals surface area contributed by atoms with Crippen LogP contribution >= 0.6 is 15.9 Å². The third-order valence-corrected chi connectivity index (χ3v) is 3.16. The monoisotopic (exact) mass is 314 g/mol. The molecule has 0 radical (unpaired) electrons. The molecule has 96 valence electrons. The zero-order valence-corrected chi connectivity index (χ0v) is 11.3. The van der Waals surface area contributed by atoms with Gasteiger partial charge in [-0.05, 0) is 34.1 Å². The minimum Gasteiger partial charge on any atom is -0.496 e. The van der Waals surface area contributed by atoms with Crippen molar-refractivity contribution < 1.29 is 14.2 Å². The molecule has 2 aromatic rings. The van der Waals surface area contributed by atoms with Crippen LogP contribution in [0.25, 0.3) is 11.4 Å². The van der Waals surface area contributed by atoms with E-state index in [1.807, 2.05) is 0 Å². The fourth-order valence-corrected chi connectivity index (χ4v) is 2.13. The number of imidazole rings is 1. The average molecular weight is 315 g/mol. The van der Waals surface area contributed by atoms with Gasteiger partial charge in [0.25, 0.3) is 0 Å². The van der Waals surface area contributed by atoms with Gasteiger partial charge in [-0.1, -0.05) is 0 Å². The van der Waals surface area contributed by atoms with Gasteiger partial charge in [0.2, 0.25) is 0 Å². The molecule has 0 amide bonds. The molecule has 6 heteroatoms. The van der Waals surface area contributed by atoms with Gasteiger partial charge >= 0.3 is 0 Å². The number of H-pyrrole nitrogens is 1. The highest BCUT2D eigenvalue weighted by molar-refractivity contribution is 9.10. The summed E-state index contributed by atoms with van der Waals surface area (Å²) in [5.41, 5.74) is 1.31. The van der Waals surface area contributed by atoms with Gasteiger partial charge in [0.05, 0.1) is 18.4 Å². The van der Waals surface area contributed by atoms with Crippen LogP contribution in [0.1, 0.15) is 5.69 Å². The summed E-state index contributed by atoms with van der Waals surface area (Å²) in [4.78, 5) is 7.29. The summed E-state index contributed by atoms with van der Waals surface area (Å²) in [5.74, 6) is 0.678. The highest BCUT2D eigenvalue weighted by atomic mass is 79.9. The molecule has 2 rings (SSSR count). The fraction of sp³-hybridized carbons (Fsp3) is 0.250. The first-order chi connectivity index (χ1) is 8.65. The Labute approximate surface area is 112 Å². The van der Waals surface area contributed by atoms with Gasteiger partial charge in [0, 0.05) is 13.0 Å². The molecule has 0 aliphatic rings. The molecule has 1 aromatic heterocycles. The number of benzene rings is 1. The number of halogens is 2. The molecule has 18 heavy (non-hydrogen) atoms. The summed E-state index contributed by atoms with van der Waals surface area (Å²) in [6.45, 7) is 0.0144. The van der Waals surface area contributed by atoms with Crippen LogP contribution in [0.4, 0.5) is 4.39 Å². The maximum atomic E-state index is 13.3. The number of aliphatic hydroxyl groups excluding tert-OH is 1. The number of nitrogens with one attached hydrogen (secondary N) is 1. The maximum Gasteiger partial charge on any atom is 0.142 e. The van der Waals surface area contributed by atoms with Crippen LogP contribution in [0.5, 0.6) is 5.75 Å². The van der Waals surface area contributed by atoms with Crippen molar-refractivity contribution in [2.24, 2.45) is 0 Å². The van der Waals surface area contributed by atoms with Crippen molar-refractivity contribution in [3.8, 4) is 17.1 Å². The Kier molecular flexibility index (Phi) is 3.98. The Balaban J connectivity index is 2.47. The summed E-state index contributed by atoms with van der Waals surface area (Å²) in [5, 5.41) is 8.92. The van der Waals surface area contributed by atoms with Crippen LogP contribution in [-0.4, -0.2) is 28.8 Å². The quantitative estimate of drug-likeness (QED) is 0.911. The van der Waals surface area contributed by atoms with Crippen LogP contribution in [0, 0.1) is 5.82 Å². The minimum absolute atomic E-state index is 0.0144. The lowest BCUT2D eigenvalue weighted by Crippen LogP contribution is -1.93. The molecule has 0 saturated heterocycles. The smallest absolute Gasteiger partial charge is 0.142 e. The van der Waals surface area contributed by atoms with E-state index >= 15 is 0 Å². The standard InChI is InChI=1S/C12H12BrFN2O2/c1-18-10-3-2-7(14)6-8(10)12-15-9(4-5-17)11(13)16-12/h2-3,6,17H,4-5H2,1H3,(H,15,16). The third kappa shape index (κ3) is 2.54. The number of ether oxygens (including phenoxy) is 1. The van der Waals surface area contributed by atoms with Gasteiger partial charge in [0.15, 0.2) is 0 Å². The van der Waals surface area contributed by atoms with E-state index < -0.39 is 0 Å². The molecule has 0 unspecified atom stereocenters. The molecule has 0 atom stereocenters. The first kappa shape index (κ1) is 13.0. The first-order valence-corrected chi connectivity index (χ1v) is 6.14. The molecule has 1 aromatic carbocycles. The van der Waals surface area contributed by atoms with Gasteiger partial charge in [0.1, 0.15) is 22.0 Å². The number of hydrogen-bond donors (Lipinski definition) is 2. The Morgan fingerprint density at radius 3 is 2.94 bits per heavy atom. The lowest BCUT2D eigenvalue weighted by Gasteiger charge is -2.05. The van der Waals surface area contributed by atoms with Crippen molar-refractivity contribution in [3.05, 3.63) is 34.3 Å². The lowest BCUT2D eigenvalue weighted by atomic mass is 10.2. The molecule has 0 saturated carbocycles. The van der Waals surface area contributed by atoms with Crippen molar-refractivity contribution in [2.45, 2.75) is 6.42 Å². The SMILES string of the molecule is COc1ccc(F)cc1-c1nc(Br)c(CCO)[nH]1. The van der Waals surface area contributed by atoms with Crippen LogP contribution in [0.2, 0.25) is 0 Å². The predicted octanol–water partition coefficient (Wildman–Crippen LogP) is 2.52. The lowest BCUT2D eigenvalue weighted by molar-refractivity contribution is 0.298. The van der Waals surface area contributed by atoms with Crippen LogP contribution in [0.15, 0.2) is 22.8 Å². The fourth-order valence-electron chi connectivity index (χ4n) is 1.66. The van der Waals surface area contributed by atoms with E-state index in [9.17, 15) is 4.39 Å². The number of aromatic nitrogens is 2. The van der Waals surface area contributed by atoms with Crippen molar-refractivity contribution in [1.29, 1.82) is 0 Å². The molecular formula is C12H12BrFN2O2. The third-order valence-electron chi connectivity index (χ3n) is 2.51. The maximum absolute atomic E-state index is 13.3.